The van der Waals surface area contributed by atoms with E-state index in [0.29, 0.717) is 31.0 Å². The Kier molecular flexibility index (Phi) is 9.10. The number of aromatic nitrogens is 1. The third kappa shape index (κ3) is 6.80. The number of amides is 1. The fourth-order valence-electron chi connectivity index (χ4n) is 3.41. The van der Waals surface area contributed by atoms with Gasteiger partial charge >= 0.3 is 6.09 Å². The van der Waals surface area contributed by atoms with Crippen molar-refractivity contribution < 1.29 is 23.7 Å². The van der Waals surface area contributed by atoms with Crippen LogP contribution < -0.4 is 9.64 Å². The molecule has 0 N–H and O–H groups in total. The van der Waals surface area contributed by atoms with Crippen LogP contribution in [0.5, 0.6) is 5.75 Å². The quantitative estimate of drug-likeness (QED) is 0.224. The Morgan fingerprint density at radius 1 is 1.09 bits per heavy atom. The first-order chi connectivity index (χ1) is 16.2. The first-order valence-corrected chi connectivity index (χ1v) is 12.1. The lowest BCUT2D eigenvalue weighted by molar-refractivity contribution is -0.104. The van der Waals surface area contributed by atoms with Crippen molar-refractivity contribution in [2.24, 2.45) is 0 Å². The highest BCUT2D eigenvalue weighted by Crippen LogP contribution is 2.37. The fraction of sp³-hybridized carbons (Fsp3) is 0.385. The summed E-state index contributed by atoms with van der Waals surface area (Å²) in [5, 5.41) is 0.896. The van der Waals surface area contributed by atoms with Crippen LogP contribution in [0.4, 0.5) is 10.5 Å². The number of fused-ring (bicyclic) bond motifs is 1. The molecule has 0 fully saturated rings. The number of anilines is 1. The minimum atomic E-state index is -0.645. The van der Waals surface area contributed by atoms with Gasteiger partial charge in [0.1, 0.15) is 23.5 Å². The number of pyridine rings is 1. The molecule has 0 saturated carbocycles. The summed E-state index contributed by atoms with van der Waals surface area (Å²) in [5.41, 5.74) is 1.82. The number of carbonyl (C=O) groups excluding carboxylic acids is 1. The number of ether oxygens (including phenoxy) is 4. The van der Waals surface area contributed by atoms with Gasteiger partial charge in [-0.25, -0.2) is 4.79 Å². The molecule has 7 nitrogen and oxygen atoms in total. The number of hydrogen-bond donors (Lipinski definition) is 0. The molecule has 1 heterocycles. The largest absolute Gasteiger partial charge is 0.487 e. The van der Waals surface area contributed by atoms with Crippen LogP contribution in [-0.2, 0) is 20.8 Å². The Bertz CT molecular complexity index is 1100. The summed E-state index contributed by atoms with van der Waals surface area (Å²) < 4.78 is 23.5. The molecule has 182 valence electrons. The molecule has 2 aromatic carbocycles. The molecule has 8 heteroatoms. The van der Waals surface area contributed by atoms with Crippen molar-refractivity contribution in [3.63, 3.8) is 0 Å². The van der Waals surface area contributed by atoms with Crippen molar-refractivity contribution in [2.75, 3.05) is 25.7 Å². The first-order valence-electron chi connectivity index (χ1n) is 11.0. The van der Waals surface area contributed by atoms with Crippen LogP contribution in [0.25, 0.3) is 10.9 Å². The third-order valence-corrected chi connectivity index (χ3v) is 6.16. The molecular formula is C26H31IN2O5. The van der Waals surface area contributed by atoms with Gasteiger partial charge in [-0.2, -0.15) is 0 Å². The zero-order chi connectivity index (χ0) is 24.7. The standard InChI is InChI=1S/C26H31IN2O5/c1-26(2,3)34-25(30)29(15-13-22(31-4)32-5)20-16-21(33-17-18-10-7-6-8-11-18)24-19(23(20)27)12-9-14-28-24/h6-12,14,16,22H,13,15,17H2,1-5H3. The molecule has 0 spiro atoms. The molecule has 0 unspecified atom stereocenters. The van der Waals surface area contributed by atoms with Gasteiger partial charge in [-0.3, -0.25) is 9.88 Å². The smallest absolute Gasteiger partial charge is 0.414 e. The Hall–Kier alpha value is -2.43. The zero-order valence-electron chi connectivity index (χ0n) is 20.2. The van der Waals surface area contributed by atoms with Crippen LogP contribution >= 0.6 is 22.6 Å². The highest BCUT2D eigenvalue weighted by Gasteiger charge is 2.27. The van der Waals surface area contributed by atoms with Crippen molar-refractivity contribution in [3.8, 4) is 5.75 Å². The van der Waals surface area contributed by atoms with Gasteiger partial charge in [0.2, 0.25) is 0 Å². The summed E-state index contributed by atoms with van der Waals surface area (Å²) in [6.07, 6.45) is 1.31. The van der Waals surface area contributed by atoms with E-state index >= 15 is 0 Å². The van der Waals surface area contributed by atoms with Gasteiger partial charge in [0.05, 0.1) is 5.69 Å². The normalized spacial score (nSPS) is 11.6. The minimum absolute atomic E-state index is 0.334. The summed E-state index contributed by atoms with van der Waals surface area (Å²) in [5.74, 6) is 0.596. The third-order valence-electron chi connectivity index (χ3n) is 5.03. The number of hydrogen-bond acceptors (Lipinski definition) is 6. The monoisotopic (exact) mass is 578 g/mol. The van der Waals surface area contributed by atoms with E-state index in [-0.39, 0.29) is 0 Å². The Balaban J connectivity index is 2.04. The molecule has 1 aromatic heterocycles. The number of halogens is 1. The number of benzene rings is 2. The van der Waals surface area contributed by atoms with Crippen LogP contribution in [0.15, 0.2) is 54.7 Å². The molecule has 0 bridgehead atoms. The molecule has 0 aliphatic carbocycles. The summed E-state index contributed by atoms with van der Waals surface area (Å²) in [6.45, 7) is 6.26. The van der Waals surface area contributed by atoms with Gasteiger partial charge in [-0.05, 0) is 61.1 Å². The lowest BCUT2D eigenvalue weighted by Gasteiger charge is -2.29. The average molecular weight is 578 g/mol. The zero-order valence-corrected chi connectivity index (χ0v) is 22.4. The van der Waals surface area contributed by atoms with Crippen molar-refractivity contribution in [1.29, 1.82) is 0 Å². The molecular weight excluding hydrogens is 547 g/mol. The van der Waals surface area contributed by atoms with E-state index in [4.69, 9.17) is 18.9 Å². The van der Waals surface area contributed by atoms with Gasteiger partial charge in [0, 0.05) is 48.4 Å². The van der Waals surface area contributed by atoms with Crippen LogP contribution in [0.3, 0.4) is 0 Å². The van der Waals surface area contributed by atoms with Gasteiger partial charge in [-0.1, -0.05) is 30.3 Å². The minimum Gasteiger partial charge on any atom is -0.487 e. The molecule has 3 rings (SSSR count). The maximum atomic E-state index is 13.3. The van der Waals surface area contributed by atoms with Crippen LogP contribution in [0.2, 0.25) is 0 Å². The predicted molar refractivity (Wildman–Crippen MR) is 141 cm³/mol. The lowest BCUT2D eigenvalue weighted by atomic mass is 10.1. The second kappa shape index (κ2) is 11.8. The molecule has 0 aliphatic heterocycles. The highest BCUT2D eigenvalue weighted by atomic mass is 127. The predicted octanol–water partition coefficient (Wildman–Crippen LogP) is 6.17. The maximum Gasteiger partial charge on any atom is 0.414 e. The number of rotatable bonds is 9. The van der Waals surface area contributed by atoms with E-state index in [1.807, 2.05) is 69.3 Å². The van der Waals surface area contributed by atoms with Crippen LogP contribution in [0.1, 0.15) is 32.8 Å². The second-order valence-corrected chi connectivity index (χ2v) is 9.78. The summed E-state index contributed by atoms with van der Waals surface area (Å²) in [4.78, 5) is 19.5. The summed E-state index contributed by atoms with van der Waals surface area (Å²) in [6, 6.07) is 15.6. The SMILES string of the molecule is COC(CCN(C(=O)OC(C)(C)C)c1cc(OCc2ccccc2)c2ncccc2c1I)OC. The molecule has 1 amide bonds. The van der Waals surface area contributed by atoms with E-state index in [2.05, 4.69) is 27.6 Å². The van der Waals surface area contributed by atoms with Gasteiger partial charge in [0.25, 0.3) is 0 Å². The topological polar surface area (TPSA) is 70.1 Å². The Morgan fingerprint density at radius 3 is 2.44 bits per heavy atom. The second-order valence-electron chi connectivity index (χ2n) is 8.70. The van der Waals surface area contributed by atoms with E-state index < -0.39 is 18.0 Å². The van der Waals surface area contributed by atoms with Crippen molar-refractivity contribution in [3.05, 3.63) is 63.9 Å². The molecule has 0 radical (unpaired) electrons. The fourth-order valence-corrected chi connectivity index (χ4v) is 4.29. The van der Waals surface area contributed by atoms with E-state index in [0.717, 1.165) is 20.0 Å². The average Bonchev–Trinajstić information content (AvgIpc) is 2.82. The number of carbonyl (C=O) groups is 1. The van der Waals surface area contributed by atoms with Crippen molar-refractivity contribution in [1.82, 2.24) is 4.98 Å². The molecule has 0 saturated heterocycles. The first kappa shape index (κ1) is 26.2. The van der Waals surface area contributed by atoms with Gasteiger partial charge in [-0.15, -0.1) is 0 Å². The molecule has 0 aliphatic rings. The summed E-state index contributed by atoms with van der Waals surface area (Å²) >= 11 is 2.25. The maximum absolute atomic E-state index is 13.3. The van der Waals surface area contributed by atoms with E-state index in [9.17, 15) is 4.79 Å². The molecule has 3 aromatic rings. The van der Waals surface area contributed by atoms with E-state index in [1.165, 1.54) is 0 Å². The molecule has 34 heavy (non-hydrogen) atoms. The summed E-state index contributed by atoms with van der Waals surface area (Å²) in [7, 11) is 3.15. The van der Waals surface area contributed by atoms with Gasteiger partial charge in [0.15, 0.2) is 6.29 Å². The lowest BCUT2D eigenvalue weighted by Crippen LogP contribution is -2.39. The van der Waals surface area contributed by atoms with Gasteiger partial charge < -0.3 is 18.9 Å². The number of methoxy groups -OCH3 is 2. The highest BCUT2D eigenvalue weighted by molar-refractivity contribution is 14.1. The molecule has 0 atom stereocenters. The van der Waals surface area contributed by atoms with Crippen LogP contribution in [-0.4, -0.2) is 43.7 Å². The Labute approximate surface area is 214 Å². The number of nitrogens with zero attached hydrogens (tertiary/aromatic N) is 2. The van der Waals surface area contributed by atoms with Crippen molar-refractivity contribution >= 4 is 45.3 Å². The Morgan fingerprint density at radius 2 is 1.79 bits per heavy atom. The van der Waals surface area contributed by atoms with Crippen molar-refractivity contribution in [2.45, 2.75) is 45.7 Å². The van der Waals surface area contributed by atoms with Crippen LogP contribution in [0, 0.1) is 3.57 Å². The van der Waals surface area contributed by atoms with E-state index in [1.54, 1.807) is 25.3 Å².